The second kappa shape index (κ2) is 5.51. The van der Waals surface area contributed by atoms with Gasteiger partial charge in [-0.2, -0.15) is 0 Å². The molecule has 0 aliphatic rings. The van der Waals surface area contributed by atoms with Gasteiger partial charge in [0.15, 0.2) is 0 Å². The van der Waals surface area contributed by atoms with Crippen molar-refractivity contribution in [3.8, 4) is 0 Å². The molecule has 0 aliphatic carbocycles. The van der Waals surface area contributed by atoms with Gasteiger partial charge in [0.2, 0.25) is 0 Å². The number of hydrogen-bond acceptors (Lipinski definition) is 5. The largest absolute Gasteiger partial charge is 0.444 e. The van der Waals surface area contributed by atoms with E-state index < -0.39 is 17.5 Å². The summed E-state index contributed by atoms with van der Waals surface area (Å²) in [6, 6.07) is 1.17. The Morgan fingerprint density at radius 3 is 2.57 bits per heavy atom. The van der Waals surface area contributed by atoms with Gasteiger partial charge < -0.3 is 15.8 Å². The normalized spacial score (nSPS) is 11.4. The monoisotopic (exact) mass is 292 g/mol. The minimum absolute atomic E-state index is 0.0593. The maximum absolute atomic E-state index is 14.0. The van der Waals surface area contributed by atoms with Gasteiger partial charge in [-0.25, -0.2) is 9.18 Å². The first-order valence-corrected chi connectivity index (χ1v) is 6.42. The minimum atomic E-state index is -0.629. The molecule has 0 spiro atoms. The van der Waals surface area contributed by atoms with Crippen LogP contribution >= 0.6 is 0 Å². The molecule has 0 saturated heterocycles. The minimum Gasteiger partial charge on any atom is -0.444 e. The van der Waals surface area contributed by atoms with E-state index in [1.807, 2.05) is 0 Å². The van der Waals surface area contributed by atoms with Crippen LogP contribution in [0.5, 0.6) is 0 Å². The molecular formula is C14H17FN4O2. The maximum Gasteiger partial charge on any atom is 0.407 e. The number of carbonyl (C=O) groups is 1. The summed E-state index contributed by atoms with van der Waals surface area (Å²) < 4.78 is 19.1. The third kappa shape index (κ3) is 3.56. The Labute approximate surface area is 121 Å². The third-order valence-corrected chi connectivity index (χ3v) is 2.64. The number of alkyl carbamates (subject to hydrolysis) is 1. The van der Waals surface area contributed by atoms with E-state index >= 15 is 0 Å². The molecule has 0 aliphatic heterocycles. The van der Waals surface area contributed by atoms with Crippen LogP contribution < -0.4 is 11.1 Å². The summed E-state index contributed by atoms with van der Waals surface area (Å²) in [7, 11) is 0. The topological polar surface area (TPSA) is 90.1 Å². The van der Waals surface area contributed by atoms with Gasteiger partial charge in [-0.1, -0.05) is 0 Å². The molecule has 1 amide bonds. The first-order valence-electron chi connectivity index (χ1n) is 6.42. The highest BCUT2D eigenvalue weighted by molar-refractivity contribution is 5.89. The molecule has 0 fully saturated rings. The average Bonchev–Trinajstić information content (AvgIpc) is 2.36. The number of ether oxygens (including phenoxy) is 1. The van der Waals surface area contributed by atoms with Crippen LogP contribution in [0.2, 0.25) is 0 Å². The Kier molecular flexibility index (Phi) is 3.93. The fraction of sp³-hybridized carbons (Fsp3) is 0.357. The van der Waals surface area contributed by atoms with E-state index in [9.17, 15) is 9.18 Å². The molecule has 7 heteroatoms. The van der Waals surface area contributed by atoms with E-state index in [1.165, 1.54) is 18.5 Å². The number of nitrogens with zero attached hydrogens (tertiary/aromatic N) is 2. The lowest BCUT2D eigenvalue weighted by molar-refractivity contribution is 0.0523. The Hall–Kier alpha value is -2.44. The van der Waals surface area contributed by atoms with Gasteiger partial charge in [-0.15, -0.1) is 0 Å². The lowest BCUT2D eigenvalue weighted by Crippen LogP contribution is -2.32. The van der Waals surface area contributed by atoms with Crippen LogP contribution in [0, 0.1) is 5.82 Å². The van der Waals surface area contributed by atoms with Crippen molar-refractivity contribution in [2.45, 2.75) is 32.9 Å². The Morgan fingerprint density at radius 2 is 1.95 bits per heavy atom. The van der Waals surface area contributed by atoms with Crippen molar-refractivity contribution in [3.63, 3.8) is 0 Å². The van der Waals surface area contributed by atoms with Gasteiger partial charge in [-0.3, -0.25) is 9.97 Å². The highest BCUT2D eigenvalue weighted by atomic mass is 19.1. The van der Waals surface area contributed by atoms with Gasteiger partial charge in [-0.05, 0) is 26.8 Å². The van der Waals surface area contributed by atoms with Crippen molar-refractivity contribution in [2.75, 3.05) is 5.73 Å². The molecule has 6 nitrogen and oxygen atoms in total. The molecule has 0 saturated carbocycles. The second-order valence-electron chi connectivity index (χ2n) is 5.54. The number of hydrogen-bond donors (Lipinski definition) is 2. The molecule has 0 radical (unpaired) electrons. The van der Waals surface area contributed by atoms with Crippen LogP contribution in [0.1, 0.15) is 26.3 Å². The van der Waals surface area contributed by atoms with Crippen molar-refractivity contribution in [1.82, 2.24) is 15.3 Å². The van der Waals surface area contributed by atoms with E-state index in [4.69, 9.17) is 10.5 Å². The van der Waals surface area contributed by atoms with Crippen LogP contribution in [0.25, 0.3) is 11.0 Å². The molecule has 0 unspecified atom stereocenters. The smallest absolute Gasteiger partial charge is 0.407 e. The number of rotatable bonds is 2. The van der Waals surface area contributed by atoms with Gasteiger partial charge in [0, 0.05) is 18.0 Å². The summed E-state index contributed by atoms with van der Waals surface area (Å²) >= 11 is 0. The molecule has 112 valence electrons. The molecular weight excluding hydrogens is 275 g/mol. The summed E-state index contributed by atoms with van der Waals surface area (Å²) in [6.07, 6.45) is 2.29. The van der Waals surface area contributed by atoms with Gasteiger partial charge in [0.25, 0.3) is 0 Å². The lowest BCUT2D eigenvalue weighted by Gasteiger charge is -2.20. The second-order valence-corrected chi connectivity index (χ2v) is 5.54. The summed E-state index contributed by atoms with van der Waals surface area (Å²) in [5.74, 6) is -0.545. The molecule has 3 N–H and O–H groups in total. The molecule has 1 aromatic heterocycles. The van der Waals surface area contributed by atoms with Crippen molar-refractivity contribution < 1.29 is 13.9 Å². The SMILES string of the molecule is CC(C)(C)OC(=O)NCc1c(F)cc(N)c2nccnc12. The standard InChI is InChI=1S/C14H17FN4O2/c1-14(2,3)21-13(20)19-7-8-9(15)6-10(16)12-11(8)17-4-5-18-12/h4-6H,7,16H2,1-3H3,(H,19,20). The number of halogens is 1. The fourth-order valence-corrected chi connectivity index (χ4v) is 1.82. The number of aromatic nitrogens is 2. The van der Waals surface area contributed by atoms with Crippen molar-refractivity contribution in [3.05, 3.63) is 29.8 Å². The van der Waals surface area contributed by atoms with E-state index in [1.54, 1.807) is 20.8 Å². The summed E-state index contributed by atoms with van der Waals surface area (Å²) in [5.41, 5.74) is 6.24. The summed E-state index contributed by atoms with van der Waals surface area (Å²) in [5, 5.41) is 2.50. The van der Waals surface area contributed by atoms with Crippen molar-refractivity contribution >= 4 is 22.8 Å². The van der Waals surface area contributed by atoms with E-state index in [0.717, 1.165) is 0 Å². The predicted octanol–water partition coefficient (Wildman–Crippen LogP) is 2.38. The van der Waals surface area contributed by atoms with Gasteiger partial charge >= 0.3 is 6.09 Å². The van der Waals surface area contributed by atoms with Crippen LogP contribution in [0.15, 0.2) is 18.5 Å². The number of nitrogen functional groups attached to an aromatic ring is 1. The molecule has 0 atom stereocenters. The number of amides is 1. The first-order chi connectivity index (χ1) is 9.78. The molecule has 1 heterocycles. The zero-order chi connectivity index (χ0) is 15.6. The molecule has 2 rings (SSSR count). The zero-order valence-corrected chi connectivity index (χ0v) is 12.1. The number of nitrogens with one attached hydrogen (secondary N) is 1. The zero-order valence-electron chi connectivity index (χ0n) is 12.1. The molecule has 2 aromatic rings. The van der Waals surface area contributed by atoms with Gasteiger partial charge in [0.1, 0.15) is 16.9 Å². The summed E-state index contributed by atoms with van der Waals surface area (Å²) in [6.45, 7) is 5.18. The Balaban J connectivity index is 2.25. The van der Waals surface area contributed by atoms with E-state index in [-0.39, 0.29) is 17.8 Å². The predicted molar refractivity (Wildman–Crippen MR) is 77.0 cm³/mol. The van der Waals surface area contributed by atoms with Crippen LogP contribution in [0.3, 0.4) is 0 Å². The molecule has 1 aromatic carbocycles. The van der Waals surface area contributed by atoms with Crippen molar-refractivity contribution in [2.24, 2.45) is 0 Å². The summed E-state index contributed by atoms with van der Waals surface area (Å²) in [4.78, 5) is 19.8. The Morgan fingerprint density at radius 1 is 1.33 bits per heavy atom. The third-order valence-electron chi connectivity index (χ3n) is 2.64. The van der Waals surface area contributed by atoms with Gasteiger partial charge in [0.05, 0.1) is 17.7 Å². The van der Waals surface area contributed by atoms with Crippen LogP contribution in [0.4, 0.5) is 14.9 Å². The highest BCUT2D eigenvalue weighted by Crippen LogP contribution is 2.23. The quantitative estimate of drug-likeness (QED) is 0.829. The first kappa shape index (κ1) is 15.0. The highest BCUT2D eigenvalue weighted by Gasteiger charge is 2.18. The number of fused-ring (bicyclic) bond motifs is 1. The number of benzene rings is 1. The lowest BCUT2D eigenvalue weighted by atomic mass is 10.1. The number of nitrogens with two attached hydrogens (primary N) is 1. The molecule has 21 heavy (non-hydrogen) atoms. The number of carbonyl (C=O) groups excluding carboxylic acids is 1. The van der Waals surface area contributed by atoms with E-state index in [0.29, 0.717) is 11.0 Å². The van der Waals surface area contributed by atoms with Crippen LogP contribution in [-0.2, 0) is 11.3 Å². The number of anilines is 1. The van der Waals surface area contributed by atoms with Crippen LogP contribution in [-0.4, -0.2) is 21.7 Å². The molecule has 0 bridgehead atoms. The van der Waals surface area contributed by atoms with Crippen molar-refractivity contribution in [1.29, 1.82) is 0 Å². The maximum atomic E-state index is 14.0. The van der Waals surface area contributed by atoms with E-state index in [2.05, 4.69) is 15.3 Å². The fourth-order valence-electron chi connectivity index (χ4n) is 1.82. The average molecular weight is 292 g/mol. The Bertz CT molecular complexity index is 682.